The summed E-state index contributed by atoms with van der Waals surface area (Å²) in [4.78, 5) is 2.36. The van der Waals surface area contributed by atoms with E-state index in [1.165, 1.54) is 19.3 Å². The fraction of sp³-hybridized carbons (Fsp3) is 0.538. The Morgan fingerprint density at radius 2 is 2.31 bits per heavy atom. The highest BCUT2D eigenvalue weighted by Crippen LogP contribution is 2.34. The second-order valence-electron chi connectivity index (χ2n) is 4.56. The lowest BCUT2D eigenvalue weighted by Crippen LogP contribution is -2.20. The van der Waals surface area contributed by atoms with E-state index in [-0.39, 0.29) is 0 Å². The van der Waals surface area contributed by atoms with Crippen LogP contribution in [0.5, 0.6) is 0 Å². The van der Waals surface area contributed by atoms with Crippen LogP contribution < -0.4 is 10.6 Å². The minimum atomic E-state index is 0.663. The molecule has 2 N–H and O–H groups in total. The summed E-state index contributed by atoms with van der Waals surface area (Å²) in [6.45, 7) is 4.48. The minimum absolute atomic E-state index is 0.663. The first-order valence-electron chi connectivity index (χ1n) is 6.01. The van der Waals surface area contributed by atoms with Crippen LogP contribution in [0.15, 0.2) is 18.2 Å². The quantitative estimate of drug-likeness (QED) is 0.816. The molecule has 1 atom stereocenters. The average Bonchev–Trinajstić information content (AvgIpc) is 2.71. The standard InChI is InChI=1S/C13H19ClN2/c1-2-4-10-7-8-16(9-10)12-6-3-5-11(14)13(12)15/h3,5-6,10H,2,4,7-9,15H2,1H3. The molecular weight excluding hydrogens is 220 g/mol. The lowest BCUT2D eigenvalue weighted by molar-refractivity contribution is 0.530. The third-order valence-corrected chi connectivity index (χ3v) is 3.68. The maximum absolute atomic E-state index is 6.04. The molecule has 1 heterocycles. The van der Waals surface area contributed by atoms with Crippen molar-refractivity contribution in [3.63, 3.8) is 0 Å². The first kappa shape index (κ1) is 11.6. The van der Waals surface area contributed by atoms with Crippen LogP contribution in [0.4, 0.5) is 11.4 Å². The molecule has 1 saturated heterocycles. The van der Waals surface area contributed by atoms with Gasteiger partial charge in [0.15, 0.2) is 0 Å². The Kier molecular flexibility index (Phi) is 3.59. The number of rotatable bonds is 3. The molecule has 0 amide bonds. The summed E-state index contributed by atoms with van der Waals surface area (Å²) in [5.74, 6) is 0.823. The highest BCUT2D eigenvalue weighted by atomic mass is 35.5. The van der Waals surface area contributed by atoms with Crippen molar-refractivity contribution in [1.82, 2.24) is 0 Å². The molecule has 1 aliphatic rings. The summed E-state index contributed by atoms with van der Waals surface area (Å²) >= 11 is 6.04. The van der Waals surface area contributed by atoms with Crippen LogP contribution in [0.3, 0.4) is 0 Å². The van der Waals surface area contributed by atoms with Gasteiger partial charge in [0, 0.05) is 13.1 Å². The number of hydrogen-bond donors (Lipinski definition) is 1. The third kappa shape index (κ3) is 2.27. The van der Waals surface area contributed by atoms with E-state index >= 15 is 0 Å². The summed E-state index contributed by atoms with van der Waals surface area (Å²) in [5.41, 5.74) is 7.83. The number of para-hydroxylation sites is 1. The smallest absolute Gasteiger partial charge is 0.0741 e. The van der Waals surface area contributed by atoms with Crippen LogP contribution in [0, 0.1) is 5.92 Å². The number of benzene rings is 1. The predicted octanol–water partition coefficient (Wildman–Crippen LogP) is 3.55. The molecule has 0 spiro atoms. The number of nitrogens with zero attached hydrogens (tertiary/aromatic N) is 1. The molecule has 0 aliphatic carbocycles. The average molecular weight is 239 g/mol. The van der Waals surface area contributed by atoms with Crippen molar-refractivity contribution in [3.05, 3.63) is 23.2 Å². The third-order valence-electron chi connectivity index (χ3n) is 3.35. The Morgan fingerprint density at radius 1 is 1.50 bits per heavy atom. The summed E-state index contributed by atoms with van der Waals surface area (Å²) in [6.07, 6.45) is 3.86. The monoisotopic (exact) mass is 238 g/mol. The molecule has 1 fully saturated rings. The van der Waals surface area contributed by atoms with Crippen molar-refractivity contribution in [2.75, 3.05) is 23.7 Å². The summed E-state index contributed by atoms with van der Waals surface area (Å²) < 4.78 is 0. The second kappa shape index (κ2) is 4.96. The molecule has 1 aromatic carbocycles. The first-order valence-corrected chi connectivity index (χ1v) is 6.39. The van der Waals surface area contributed by atoms with Crippen molar-refractivity contribution in [1.29, 1.82) is 0 Å². The second-order valence-corrected chi connectivity index (χ2v) is 4.97. The van der Waals surface area contributed by atoms with Gasteiger partial charge in [0.25, 0.3) is 0 Å². The Labute approximate surface area is 102 Å². The highest BCUT2D eigenvalue weighted by molar-refractivity contribution is 6.33. The molecule has 1 unspecified atom stereocenters. The van der Waals surface area contributed by atoms with Crippen LogP contribution in [-0.2, 0) is 0 Å². The van der Waals surface area contributed by atoms with Gasteiger partial charge in [-0.25, -0.2) is 0 Å². The van der Waals surface area contributed by atoms with E-state index in [9.17, 15) is 0 Å². The van der Waals surface area contributed by atoms with Gasteiger partial charge in [-0.05, 0) is 30.9 Å². The molecule has 0 aromatic heterocycles. The van der Waals surface area contributed by atoms with Crippen molar-refractivity contribution in [3.8, 4) is 0 Å². The number of halogens is 1. The van der Waals surface area contributed by atoms with E-state index in [0.29, 0.717) is 5.02 Å². The Morgan fingerprint density at radius 3 is 3.06 bits per heavy atom. The topological polar surface area (TPSA) is 29.3 Å². The van der Waals surface area contributed by atoms with Gasteiger partial charge in [-0.1, -0.05) is 31.0 Å². The number of hydrogen-bond acceptors (Lipinski definition) is 2. The highest BCUT2D eigenvalue weighted by Gasteiger charge is 2.23. The molecule has 3 heteroatoms. The van der Waals surface area contributed by atoms with Gasteiger partial charge >= 0.3 is 0 Å². The molecule has 88 valence electrons. The molecule has 1 aromatic rings. The Balaban J connectivity index is 2.11. The molecule has 0 radical (unpaired) electrons. The van der Waals surface area contributed by atoms with Gasteiger partial charge in [0.2, 0.25) is 0 Å². The molecule has 1 aliphatic heterocycles. The lowest BCUT2D eigenvalue weighted by Gasteiger charge is -2.21. The van der Waals surface area contributed by atoms with E-state index in [1.807, 2.05) is 12.1 Å². The van der Waals surface area contributed by atoms with Crippen LogP contribution in [0.2, 0.25) is 5.02 Å². The zero-order valence-electron chi connectivity index (χ0n) is 9.75. The fourth-order valence-electron chi connectivity index (χ4n) is 2.50. The van der Waals surface area contributed by atoms with Gasteiger partial charge in [-0.3, -0.25) is 0 Å². The van der Waals surface area contributed by atoms with E-state index < -0.39 is 0 Å². The van der Waals surface area contributed by atoms with Crippen LogP contribution in [0.1, 0.15) is 26.2 Å². The minimum Gasteiger partial charge on any atom is -0.396 e. The SMILES string of the molecule is CCCC1CCN(c2cccc(Cl)c2N)C1. The van der Waals surface area contributed by atoms with E-state index in [1.54, 1.807) is 0 Å². The maximum atomic E-state index is 6.04. The van der Waals surface area contributed by atoms with Gasteiger partial charge < -0.3 is 10.6 Å². The number of nitrogen functional groups attached to an aromatic ring is 1. The normalized spacial score (nSPS) is 20.4. The molecule has 2 rings (SSSR count). The van der Waals surface area contributed by atoms with Crippen molar-refractivity contribution in [2.45, 2.75) is 26.2 Å². The van der Waals surface area contributed by atoms with Crippen molar-refractivity contribution >= 4 is 23.0 Å². The molecule has 2 nitrogen and oxygen atoms in total. The van der Waals surface area contributed by atoms with E-state index in [2.05, 4.69) is 17.9 Å². The number of anilines is 2. The van der Waals surface area contributed by atoms with Gasteiger partial charge in [-0.15, -0.1) is 0 Å². The lowest BCUT2D eigenvalue weighted by atomic mass is 10.0. The van der Waals surface area contributed by atoms with Crippen molar-refractivity contribution < 1.29 is 0 Å². The molecular formula is C13H19ClN2. The summed E-state index contributed by atoms with van der Waals surface area (Å²) in [5, 5.41) is 0.663. The predicted molar refractivity (Wildman–Crippen MR) is 71.1 cm³/mol. The summed E-state index contributed by atoms with van der Waals surface area (Å²) in [7, 11) is 0. The molecule has 16 heavy (non-hydrogen) atoms. The molecule has 0 bridgehead atoms. The zero-order valence-corrected chi connectivity index (χ0v) is 10.5. The summed E-state index contributed by atoms with van der Waals surface area (Å²) in [6, 6.07) is 5.89. The van der Waals surface area contributed by atoms with Gasteiger partial charge in [0.1, 0.15) is 0 Å². The van der Waals surface area contributed by atoms with Crippen molar-refractivity contribution in [2.24, 2.45) is 5.92 Å². The Bertz CT molecular complexity index is 365. The van der Waals surface area contributed by atoms with E-state index in [0.717, 1.165) is 30.4 Å². The van der Waals surface area contributed by atoms with Gasteiger partial charge in [-0.2, -0.15) is 0 Å². The van der Waals surface area contributed by atoms with E-state index in [4.69, 9.17) is 17.3 Å². The zero-order chi connectivity index (χ0) is 11.5. The van der Waals surface area contributed by atoms with Gasteiger partial charge in [0.05, 0.1) is 16.4 Å². The van der Waals surface area contributed by atoms with Crippen LogP contribution >= 0.6 is 11.6 Å². The molecule has 0 saturated carbocycles. The van der Waals surface area contributed by atoms with Crippen LogP contribution in [-0.4, -0.2) is 13.1 Å². The number of nitrogens with two attached hydrogens (primary N) is 1. The first-order chi connectivity index (χ1) is 7.72. The maximum Gasteiger partial charge on any atom is 0.0741 e. The Hall–Kier alpha value is -0.890. The largest absolute Gasteiger partial charge is 0.396 e. The van der Waals surface area contributed by atoms with Crippen LogP contribution in [0.25, 0.3) is 0 Å². The fourth-order valence-corrected chi connectivity index (χ4v) is 2.67.